The van der Waals surface area contributed by atoms with Gasteiger partial charge in [-0.05, 0) is 40.9 Å². The van der Waals surface area contributed by atoms with Gasteiger partial charge >= 0.3 is 5.69 Å². The lowest BCUT2D eigenvalue weighted by atomic mass is 10.1. The molecule has 1 unspecified atom stereocenters. The van der Waals surface area contributed by atoms with E-state index in [1.807, 2.05) is 12.1 Å². The number of imidazole rings is 1. The number of fused-ring (bicyclic) bond motifs is 1. The number of aromatic nitrogens is 2. The summed E-state index contributed by atoms with van der Waals surface area (Å²) in [6.45, 7) is 4.40. The van der Waals surface area contributed by atoms with Gasteiger partial charge in [0.25, 0.3) is 0 Å². The van der Waals surface area contributed by atoms with Crippen LogP contribution < -0.4 is 11.0 Å². The minimum Gasteiger partial charge on any atom is -0.381 e. The van der Waals surface area contributed by atoms with Crippen LogP contribution in [-0.2, 0) is 0 Å². The first-order valence-electron chi connectivity index (χ1n) is 6.82. The Morgan fingerprint density at radius 2 is 1.95 bits per heavy atom. The number of aromatic amines is 2. The summed E-state index contributed by atoms with van der Waals surface area (Å²) < 4.78 is 0.977. The SMILES string of the molecule is CCCCC(CC)Nc1cc2[nH]c(=O)[nH]c2cc1Br. The monoisotopic (exact) mass is 325 g/mol. The fourth-order valence-electron chi connectivity index (χ4n) is 2.22. The largest absolute Gasteiger partial charge is 0.381 e. The first kappa shape index (κ1) is 14.2. The molecule has 1 aromatic heterocycles. The molecule has 0 amide bonds. The second-order valence-electron chi connectivity index (χ2n) is 4.85. The van der Waals surface area contributed by atoms with Gasteiger partial charge in [-0.1, -0.05) is 26.7 Å². The summed E-state index contributed by atoms with van der Waals surface area (Å²) >= 11 is 3.55. The molecule has 4 nitrogen and oxygen atoms in total. The fraction of sp³-hybridized carbons (Fsp3) is 0.500. The highest BCUT2D eigenvalue weighted by Gasteiger charge is 2.10. The maximum Gasteiger partial charge on any atom is 0.323 e. The van der Waals surface area contributed by atoms with Crippen LogP contribution in [0, 0.1) is 0 Å². The van der Waals surface area contributed by atoms with Crippen LogP contribution in [0.15, 0.2) is 21.4 Å². The van der Waals surface area contributed by atoms with Gasteiger partial charge in [0.2, 0.25) is 0 Å². The van der Waals surface area contributed by atoms with Gasteiger partial charge in [-0.15, -0.1) is 0 Å². The van der Waals surface area contributed by atoms with Crippen LogP contribution in [0.25, 0.3) is 11.0 Å². The number of nitrogens with one attached hydrogen (secondary N) is 3. The van der Waals surface area contributed by atoms with E-state index in [1.165, 1.54) is 19.3 Å². The Labute approximate surface area is 121 Å². The molecule has 0 saturated carbocycles. The quantitative estimate of drug-likeness (QED) is 0.751. The van der Waals surface area contributed by atoms with Gasteiger partial charge < -0.3 is 15.3 Å². The van der Waals surface area contributed by atoms with Crippen LogP contribution >= 0.6 is 15.9 Å². The molecule has 5 heteroatoms. The average Bonchev–Trinajstić information content (AvgIpc) is 2.73. The summed E-state index contributed by atoms with van der Waals surface area (Å²) in [4.78, 5) is 16.8. The predicted octanol–water partition coefficient (Wildman–Crippen LogP) is 4.00. The van der Waals surface area contributed by atoms with Gasteiger partial charge in [0.1, 0.15) is 0 Å². The molecule has 2 aromatic rings. The summed E-state index contributed by atoms with van der Waals surface area (Å²) in [5, 5.41) is 3.55. The molecule has 0 aliphatic heterocycles. The number of hydrogen-bond acceptors (Lipinski definition) is 2. The number of hydrogen-bond donors (Lipinski definition) is 3. The normalized spacial score (nSPS) is 12.8. The Morgan fingerprint density at radius 1 is 1.26 bits per heavy atom. The van der Waals surface area contributed by atoms with Crippen molar-refractivity contribution in [3.8, 4) is 0 Å². The van der Waals surface area contributed by atoms with Crippen molar-refractivity contribution in [1.82, 2.24) is 9.97 Å². The minimum atomic E-state index is -0.169. The van der Waals surface area contributed by atoms with Crippen molar-refractivity contribution >= 4 is 32.7 Å². The van der Waals surface area contributed by atoms with Crippen LogP contribution in [0.4, 0.5) is 5.69 Å². The Morgan fingerprint density at radius 3 is 2.58 bits per heavy atom. The van der Waals surface area contributed by atoms with E-state index in [0.717, 1.165) is 27.6 Å². The van der Waals surface area contributed by atoms with E-state index in [-0.39, 0.29) is 5.69 Å². The molecule has 0 radical (unpaired) electrons. The van der Waals surface area contributed by atoms with Gasteiger partial charge in [-0.2, -0.15) is 0 Å². The standard InChI is InChI=1S/C14H20BrN3O/c1-3-5-6-9(4-2)16-11-8-13-12(7-10(11)15)17-14(19)18-13/h7-9,16H,3-6H2,1-2H3,(H2,17,18,19). The van der Waals surface area contributed by atoms with Crippen LogP contribution in [0.3, 0.4) is 0 Å². The summed E-state index contributed by atoms with van der Waals surface area (Å²) in [5.74, 6) is 0. The van der Waals surface area contributed by atoms with E-state index < -0.39 is 0 Å². The van der Waals surface area contributed by atoms with Crippen LogP contribution in [0.2, 0.25) is 0 Å². The molecule has 3 N–H and O–H groups in total. The third kappa shape index (κ3) is 3.41. The second kappa shape index (κ2) is 6.28. The van der Waals surface area contributed by atoms with Crippen molar-refractivity contribution in [3.05, 3.63) is 27.1 Å². The van der Waals surface area contributed by atoms with Gasteiger partial charge in [0.15, 0.2) is 0 Å². The van der Waals surface area contributed by atoms with Crippen molar-refractivity contribution in [2.75, 3.05) is 5.32 Å². The van der Waals surface area contributed by atoms with Crippen molar-refractivity contribution in [2.24, 2.45) is 0 Å². The highest BCUT2D eigenvalue weighted by atomic mass is 79.9. The average molecular weight is 326 g/mol. The molecular weight excluding hydrogens is 306 g/mol. The molecule has 1 aromatic carbocycles. The highest BCUT2D eigenvalue weighted by Crippen LogP contribution is 2.28. The van der Waals surface area contributed by atoms with Gasteiger partial charge in [0, 0.05) is 10.5 Å². The van der Waals surface area contributed by atoms with E-state index in [9.17, 15) is 4.79 Å². The summed E-state index contributed by atoms with van der Waals surface area (Å²) in [6.07, 6.45) is 4.70. The third-order valence-corrected chi connectivity index (χ3v) is 4.02. The van der Waals surface area contributed by atoms with Crippen LogP contribution in [-0.4, -0.2) is 16.0 Å². The number of benzene rings is 1. The predicted molar refractivity (Wildman–Crippen MR) is 83.8 cm³/mol. The van der Waals surface area contributed by atoms with E-state index in [0.29, 0.717) is 6.04 Å². The van der Waals surface area contributed by atoms with Gasteiger partial charge in [-0.25, -0.2) is 4.79 Å². The zero-order valence-electron chi connectivity index (χ0n) is 11.3. The summed E-state index contributed by atoms with van der Waals surface area (Å²) in [6, 6.07) is 4.38. The lowest BCUT2D eigenvalue weighted by molar-refractivity contribution is 0.593. The fourth-order valence-corrected chi connectivity index (χ4v) is 2.67. The molecule has 104 valence electrons. The molecule has 0 fully saturated rings. The molecule has 1 heterocycles. The Kier molecular flexibility index (Phi) is 4.69. The second-order valence-corrected chi connectivity index (χ2v) is 5.70. The Bertz CT molecular complexity index is 602. The number of anilines is 1. The van der Waals surface area contributed by atoms with Crippen molar-refractivity contribution < 1.29 is 0 Å². The van der Waals surface area contributed by atoms with E-state index >= 15 is 0 Å². The first-order chi connectivity index (χ1) is 9.13. The number of halogens is 1. The first-order valence-corrected chi connectivity index (χ1v) is 7.61. The van der Waals surface area contributed by atoms with Gasteiger partial charge in [-0.3, -0.25) is 0 Å². The van der Waals surface area contributed by atoms with Crippen molar-refractivity contribution in [3.63, 3.8) is 0 Å². The molecule has 19 heavy (non-hydrogen) atoms. The molecule has 0 aliphatic rings. The third-order valence-electron chi connectivity index (χ3n) is 3.36. The van der Waals surface area contributed by atoms with E-state index in [2.05, 4.69) is 45.1 Å². The number of H-pyrrole nitrogens is 2. The molecule has 0 bridgehead atoms. The molecule has 0 spiro atoms. The lowest BCUT2D eigenvalue weighted by Gasteiger charge is -2.19. The molecule has 0 saturated heterocycles. The van der Waals surface area contributed by atoms with E-state index in [4.69, 9.17) is 0 Å². The molecule has 1 atom stereocenters. The summed E-state index contributed by atoms with van der Waals surface area (Å²) in [5.41, 5.74) is 2.52. The number of rotatable bonds is 6. The minimum absolute atomic E-state index is 0.169. The Balaban J connectivity index is 2.23. The van der Waals surface area contributed by atoms with Crippen molar-refractivity contribution in [2.45, 2.75) is 45.6 Å². The molecule has 0 aliphatic carbocycles. The smallest absolute Gasteiger partial charge is 0.323 e. The van der Waals surface area contributed by atoms with E-state index in [1.54, 1.807) is 0 Å². The van der Waals surface area contributed by atoms with Gasteiger partial charge in [0.05, 0.1) is 16.7 Å². The zero-order chi connectivity index (χ0) is 13.8. The zero-order valence-corrected chi connectivity index (χ0v) is 12.9. The van der Waals surface area contributed by atoms with Crippen LogP contribution in [0.5, 0.6) is 0 Å². The summed E-state index contributed by atoms with van der Waals surface area (Å²) in [7, 11) is 0. The number of unbranched alkanes of at least 4 members (excludes halogenated alkanes) is 1. The maximum atomic E-state index is 11.3. The highest BCUT2D eigenvalue weighted by molar-refractivity contribution is 9.10. The Hall–Kier alpha value is -1.23. The van der Waals surface area contributed by atoms with Crippen molar-refractivity contribution in [1.29, 1.82) is 0 Å². The van der Waals surface area contributed by atoms with Crippen LogP contribution in [0.1, 0.15) is 39.5 Å². The topological polar surface area (TPSA) is 60.7 Å². The molecule has 2 rings (SSSR count). The lowest BCUT2D eigenvalue weighted by Crippen LogP contribution is -2.18. The maximum absolute atomic E-state index is 11.3. The molecular formula is C14H20BrN3O.